The van der Waals surface area contributed by atoms with Gasteiger partial charge >= 0.3 is 5.97 Å². The molecule has 0 spiro atoms. The zero-order valence-corrected chi connectivity index (χ0v) is 58.9. The summed E-state index contributed by atoms with van der Waals surface area (Å²) >= 11 is 0. The molecule has 0 aromatic heterocycles. The Labute approximate surface area is 612 Å². The Kier molecular flexibility index (Phi) is 39.2. The fraction of sp³-hybridized carbons (Fsp3) is 0.726. The molecule has 107 heavy (non-hydrogen) atoms. The first kappa shape index (κ1) is 89.9. The fourth-order valence-corrected chi connectivity index (χ4v) is 12.5. The number of fused-ring (bicyclic) bond motifs is 3. The summed E-state index contributed by atoms with van der Waals surface area (Å²) in [4.78, 5) is 224. The minimum atomic E-state index is -1.97. The Balaban J connectivity index is 1.42. The van der Waals surface area contributed by atoms with Crippen molar-refractivity contribution in [2.24, 2.45) is 17.4 Å². The number of nitrogens with one attached hydrogen (secondary N) is 14. The first-order valence-corrected chi connectivity index (χ1v) is 35.1. The van der Waals surface area contributed by atoms with Gasteiger partial charge in [0.2, 0.25) is 95.5 Å². The maximum atomic E-state index is 14.3. The minimum absolute atomic E-state index is 0.0293. The van der Waals surface area contributed by atoms with E-state index < -0.39 is 245 Å². The number of hydrogen-bond acceptors (Lipinski definition) is 28. The van der Waals surface area contributed by atoms with Crippen molar-refractivity contribution in [3.63, 3.8) is 0 Å². The van der Waals surface area contributed by atoms with Gasteiger partial charge in [-0.05, 0) is 115 Å². The van der Waals surface area contributed by atoms with Gasteiger partial charge in [0, 0.05) is 44.9 Å². The summed E-state index contributed by atoms with van der Waals surface area (Å²) in [5.74, 6) is -15.8. The van der Waals surface area contributed by atoms with Gasteiger partial charge in [0.25, 0.3) is 0 Å². The predicted octanol–water partition coefficient (Wildman–Crippen LogP) is -13.3. The number of carboxylic acids is 1. The van der Waals surface area contributed by atoms with Gasteiger partial charge in [-0.1, -0.05) is 0 Å². The molecule has 0 aromatic rings. The number of carbonyl (C=O) groups excluding carboxylic acids is 16. The van der Waals surface area contributed by atoms with Crippen molar-refractivity contribution in [2.45, 2.75) is 206 Å². The van der Waals surface area contributed by atoms with Gasteiger partial charge in [-0.15, -0.1) is 0 Å². The predicted molar refractivity (Wildman–Crippen MR) is 361 cm³/mol. The van der Waals surface area contributed by atoms with Crippen LogP contribution in [0.25, 0.3) is 0 Å². The van der Waals surface area contributed by atoms with Crippen LogP contribution in [0.15, 0.2) is 0 Å². The van der Waals surface area contributed by atoms with Gasteiger partial charge < -0.3 is 116 Å². The van der Waals surface area contributed by atoms with Crippen LogP contribution >= 0.6 is 0 Å². The van der Waals surface area contributed by atoms with Gasteiger partial charge in [-0.25, -0.2) is 10.1 Å². The number of carbonyl (C=O) groups is 17. The van der Waals surface area contributed by atoms with Crippen LogP contribution in [0, 0.1) is 5.92 Å². The molecule has 0 radical (unpaired) electrons. The maximum Gasteiger partial charge on any atom is 0.303 e. The minimum Gasteiger partial charge on any atom is -0.481 e. The van der Waals surface area contributed by atoms with Crippen molar-refractivity contribution in [1.82, 2.24) is 89.5 Å². The van der Waals surface area contributed by atoms with Crippen molar-refractivity contribution in [3.8, 4) is 0 Å². The number of aliphatic hydroxyl groups is 6. The molecule has 16 unspecified atom stereocenters. The number of primary amides is 1. The highest BCUT2D eigenvalue weighted by molar-refractivity contribution is 5.99. The lowest BCUT2D eigenvalue weighted by molar-refractivity contribution is -0.150. The topological polar surface area (TPSA) is 702 Å². The molecule has 4 rings (SSSR count). The van der Waals surface area contributed by atoms with E-state index in [1.807, 2.05) is 0 Å². The van der Waals surface area contributed by atoms with Gasteiger partial charge in [-0.3, -0.25) is 102 Å². The number of nitrogens with two attached hydrogens (primary N) is 2. The molecular weight excluding hydrogens is 1430 g/mol. The van der Waals surface area contributed by atoms with Crippen LogP contribution < -0.4 is 85.9 Å². The number of carboxylic acid groups (broad SMARTS) is 1. The summed E-state index contributed by atoms with van der Waals surface area (Å²) in [6.07, 6.45) is -4.68. The van der Waals surface area contributed by atoms with E-state index in [0.29, 0.717) is 12.8 Å². The molecule has 3 saturated heterocycles. The van der Waals surface area contributed by atoms with Crippen LogP contribution in [-0.4, -0.2) is 326 Å². The summed E-state index contributed by atoms with van der Waals surface area (Å²) in [6.45, 7) is -6.69. The van der Waals surface area contributed by atoms with Crippen molar-refractivity contribution in [1.29, 1.82) is 0 Å². The highest BCUT2D eigenvalue weighted by Crippen LogP contribution is 2.40. The Morgan fingerprint density at radius 1 is 0.561 bits per heavy atom. The van der Waals surface area contributed by atoms with Crippen molar-refractivity contribution in [3.05, 3.63) is 0 Å². The monoisotopic (exact) mass is 1530 g/mol. The molecule has 1 aliphatic carbocycles. The van der Waals surface area contributed by atoms with Crippen molar-refractivity contribution >= 4 is 101 Å². The number of aliphatic hydroxyl groups excluding tert-OH is 6. The normalized spacial score (nSPS) is 24.2. The second-order valence-electron chi connectivity index (χ2n) is 26.1. The van der Waals surface area contributed by atoms with Crippen LogP contribution in [0.4, 0.5) is 0 Å². The summed E-state index contributed by atoms with van der Waals surface area (Å²) in [7, 11) is 0. The highest BCUT2D eigenvalue weighted by atomic mass is 16.5. The molecule has 0 bridgehead atoms. The lowest BCUT2D eigenvalue weighted by Gasteiger charge is -2.57. The van der Waals surface area contributed by atoms with Gasteiger partial charge in [0.05, 0.1) is 70.0 Å². The van der Waals surface area contributed by atoms with E-state index in [0.717, 1.165) is 0 Å². The molecule has 4 fully saturated rings. The van der Waals surface area contributed by atoms with Crippen LogP contribution in [0.2, 0.25) is 0 Å². The molecule has 3 heterocycles. The Bertz CT molecular complexity index is 3070. The molecule has 602 valence electrons. The first-order chi connectivity index (χ1) is 50.9. The van der Waals surface area contributed by atoms with E-state index in [4.69, 9.17) is 11.5 Å². The molecule has 45 heteroatoms. The summed E-state index contributed by atoms with van der Waals surface area (Å²) < 4.78 is 0. The molecule has 3 aliphatic heterocycles. The van der Waals surface area contributed by atoms with E-state index >= 15 is 0 Å². The number of piperidine rings is 1. The quantitative estimate of drug-likeness (QED) is 0.0117. The summed E-state index contributed by atoms with van der Waals surface area (Å²) in [6, 6.07) is -17.3. The number of amides is 16. The Morgan fingerprint density at radius 2 is 1.10 bits per heavy atom. The van der Waals surface area contributed by atoms with Crippen LogP contribution in [0.3, 0.4) is 0 Å². The number of nitrogens with zero attached hydrogens (tertiary/aromatic N) is 3. The molecule has 16 amide bonds. The third-order valence-electron chi connectivity index (χ3n) is 18.2. The van der Waals surface area contributed by atoms with Crippen molar-refractivity contribution in [2.75, 3.05) is 72.2 Å². The van der Waals surface area contributed by atoms with Crippen LogP contribution in [-0.2, 0) is 81.5 Å². The average molecular weight is 1530 g/mol. The standard InChI is InChI=1S/C62H103N19O26/c63-16-3-1-7-33(72-60(103)42(29-85)78-62(105)43-15-18-65-52-38(71-48(91)13-12-47(64)90)21-32-22-45(88)46(89)23-44(32)81(43)52)53(96)67-24-49(92)70-35(9-5-19-79(106)30-86)57(100)77-41(28-84)61(104)76-40(27-83)55(98)68-25-50(93)69-34-8-2-4-17-66-54(97)39(26-82)75-59(102)37(11-14-51(94)95)74-58(101)36(73-56(34)99)10-6-20-80(107)31-87/h30-46,52,65,82-85,88-89,106-107H,1-29,63H2,(H2,64,90)(H,66,97)(H,67,96)(H,68,98)(H,69,93)(H,70,92)(H,71,91)(H,72,103)(H,73,99)(H,74,101)(H,75,102)(H,76,104)(H,77,100)(H,78,105)(H,94,95). The van der Waals surface area contributed by atoms with Crippen LogP contribution in [0.5, 0.6) is 0 Å². The number of aliphatic carboxylic acids is 1. The number of hydroxylamine groups is 4. The fourth-order valence-electron chi connectivity index (χ4n) is 12.5. The molecule has 4 aliphatic rings. The molecule has 45 nitrogen and oxygen atoms in total. The lowest BCUT2D eigenvalue weighted by atomic mass is 9.72. The average Bonchev–Trinajstić information content (AvgIpc) is 0.748. The molecule has 0 aromatic carbocycles. The smallest absolute Gasteiger partial charge is 0.303 e. The van der Waals surface area contributed by atoms with E-state index in [9.17, 15) is 128 Å². The Morgan fingerprint density at radius 3 is 1.71 bits per heavy atom. The van der Waals surface area contributed by atoms with E-state index in [1.165, 1.54) is 0 Å². The summed E-state index contributed by atoms with van der Waals surface area (Å²) in [5, 5.41) is 126. The third kappa shape index (κ3) is 30.0. The van der Waals surface area contributed by atoms with E-state index in [-0.39, 0.29) is 139 Å². The molecule has 27 N–H and O–H groups in total. The SMILES string of the molecule is NCCCCC(NC(=O)C(CO)NC(=O)C1CCNC2C(NC(=O)CCC(N)=O)CC3CC(O)C(O)CC3N12)C(=O)NCC(=O)NC(CCCN(O)C=O)C(=O)NC(CO)C(=O)NC(CO)C(=O)NCC(=O)NC1CCCCNC(=O)C(CO)NC(=O)C(CCC(=O)O)NC(=O)C(CCCN(O)C=O)NC1=O. The van der Waals surface area contributed by atoms with E-state index in [2.05, 4.69) is 74.4 Å². The zero-order chi connectivity index (χ0) is 79.4. The lowest BCUT2D eigenvalue weighted by Crippen LogP contribution is -2.75. The second kappa shape index (κ2) is 46.6. The van der Waals surface area contributed by atoms with E-state index in [1.54, 1.807) is 4.90 Å². The molecule has 16 atom stereocenters. The Hall–Kier alpha value is -9.45. The van der Waals surface area contributed by atoms with Gasteiger partial charge in [-0.2, -0.15) is 0 Å². The number of hydrogen-bond donors (Lipinski definition) is 25. The molecule has 1 saturated carbocycles. The molecular formula is C62H103N19O26. The van der Waals surface area contributed by atoms with Crippen molar-refractivity contribution < 1.29 is 128 Å². The number of rotatable bonds is 41. The zero-order valence-electron chi connectivity index (χ0n) is 58.9. The maximum absolute atomic E-state index is 14.3. The summed E-state index contributed by atoms with van der Waals surface area (Å²) in [5.41, 5.74) is 11.0. The first-order valence-electron chi connectivity index (χ1n) is 35.1. The third-order valence-corrected chi connectivity index (χ3v) is 18.2. The second-order valence-corrected chi connectivity index (χ2v) is 26.1. The largest absolute Gasteiger partial charge is 0.481 e. The highest BCUT2D eigenvalue weighted by Gasteiger charge is 2.53. The van der Waals surface area contributed by atoms with Gasteiger partial charge in [0.15, 0.2) is 0 Å². The van der Waals surface area contributed by atoms with Crippen LogP contribution in [0.1, 0.15) is 116 Å². The number of unbranched alkanes of at least 4 members (excludes halogenated alkanes) is 1. The van der Waals surface area contributed by atoms with Gasteiger partial charge in [0.1, 0.15) is 54.4 Å².